The van der Waals surface area contributed by atoms with Crippen LogP contribution in [-0.4, -0.2) is 72.8 Å². The van der Waals surface area contributed by atoms with Crippen molar-refractivity contribution in [3.05, 3.63) is 146 Å². The predicted molar refractivity (Wildman–Crippen MR) is 222 cm³/mol. The summed E-state index contributed by atoms with van der Waals surface area (Å²) in [6.07, 6.45) is 9.41. The van der Waals surface area contributed by atoms with Gasteiger partial charge in [-0.3, -0.25) is 28.1 Å². The standard InChI is InChI=1S/C45H41F3N10O5/c1-24-36-33(51-58(27-5-6-31(46)32(47)21-27)39(36)57-17-16-56(43(57)61)35-8-7-34-30(37(35)48)23-49-53(34)4)10-15-54(24)40(59)29-20-28-19-25(26-11-18-62-44(2,3)22-26)9-14-55(28)38(29)45(12-13-45)41-50-42(60)63-52-41/h5-9,14,16-17,19-21,23-24,26H,10-13,15,18,22H2,1-4H3,(H,50,52,60)/t24-,26-/m0/s1. The Labute approximate surface area is 355 Å². The molecule has 1 aliphatic carbocycles. The van der Waals surface area contributed by atoms with E-state index in [1.54, 1.807) is 18.0 Å². The van der Waals surface area contributed by atoms with Crippen LogP contribution in [0.5, 0.6) is 0 Å². The van der Waals surface area contributed by atoms with Gasteiger partial charge in [0, 0.05) is 68.1 Å². The first-order valence-electron chi connectivity index (χ1n) is 20.9. The first kappa shape index (κ1) is 38.9. The number of aryl methyl sites for hydroxylation is 1. The van der Waals surface area contributed by atoms with Crippen molar-refractivity contribution in [2.75, 3.05) is 13.2 Å². The maximum atomic E-state index is 16.0. The van der Waals surface area contributed by atoms with Crippen molar-refractivity contribution in [3.63, 3.8) is 0 Å². The van der Waals surface area contributed by atoms with Gasteiger partial charge in [0.25, 0.3) is 5.91 Å². The van der Waals surface area contributed by atoms with Crippen LogP contribution in [0.1, 0.15) is 97.1 Å². The number of nitrogens with one attached hydrogen (secondary N) is 1. The van der Waals surface area contributed by atoms with Gasteiger partial charge in [0.2, 0.25) is 0 Å². The number of fused-ring (bicyclic) bond motifs is 3. The Bertz CT molecular complexity index is 3310. The van der Waals surface area contributed by atoms with Crippen molar-refractivity contribution >= 4 is 22.3 Å². The van der Waals surface area contributed by atoms with Crippen molar-refractivity contribution in [2.45, 2.75) is 75.9 Å². The molecule has 1 saturated heterocycles. The van der Waals surface area contributed by atoms with Crippen LogP contribution >= 0.6 is 0 Å². The van der Waals surface area contributed by atoms with Crippen LogP contribution in [0.3, 0.4) is 0 Å². The summed E-state index contributed by atoms with van der Waals surface area (Å²) < 4.78 is 63.5. The molecule has 3 aliphatic rings. The van der Waals surface area contributed by atoms with E-state index in [1.165, 1.54) is 44.7 Å². The number of benzene rings is 2. The Balaban J connectivity index is 1.04. The molecule has 0 bridgehead atoms. The molecule has 1 amide bonds. The van der Waals surface area contributed by atoms with E-state index in [1.807, 2.05) is 23.6 Å². The summed E-state index contributed by atoms with van der Waals surface area (Å²) in [4.78, 5) is 46.6. The van der Waals surface area contributed by atoms with Crippen LogP contribution < -0.4 is 11.4 Å². The Morgan fingerprint density at radius 2 is 1.78 bits per heavy atom. The first-order chi connectivity index (χ1) is 30.2. The topological polar surface area (TPSA) is 155 Å². The summed E-state index contributed by atoms with van der Waals surface area (Å²) >= 11 is 0. The van der Waals surface area contributed by atoms with Crippen molar-refractivity contribution in [1.82, 2.24) is 48.1 Å². The largest absolute Gasteiger partial charge is 0.438 e. The molecule has 8 heterocycles. The van der Waals surface area contributed by atoms with Gasteiger partial charge >= 0.3 is 11.4 Å². The van der Waals surface area contributed by atoms with E-state index in [0.717, 1.165) is 40.6 Å². The van der Waals surface area contributed by atoms with Gasteiger partial charge < -0.3 is 14.0 Å². The Morgan fingerprint density at radius 3 is 2.52 bits per heavy atom. The Morgan fingerprint density at radius 1 is 0.968 bits per heavy atom. The van der Waals surface area contributed by atoms with Crippen LogP contribution in [0.4, 0.5) is 13.2 Å². The summed E-state index contributed by atoms with van der Waals surface area (Å²) in [5, 5.41) is 13.3. The molecule has 1 N–H and O–H groups in total. The highest BCUT2D eigenvalue weighted by atomic mass is 19.2. The average molecular weight is 859 g/mol. The molecular formula is C45H41F3N10O5. The normalized spacial score (nSPS) is 19.3. The number of aromatic amines is 1. The van der Waals surface area contributed by atoms with Gasteiger partial charge in [-0.05, 0) is 100 Å². The van der Waals surface area contributed by atoms with Crippen molar-refractivity contribution < 1.29 is 27.2 Å². The van der Waals surface area contributed by atoms with Crippen molar-refractivity contribution in [2.24, 2.45) is 7.05 Å². The highest BCUT2D eigenvalue weighted by Crippen LogP contribution is 2.54. The third-order valence-corrected chi connectivity index (χ3v) is 13.3. The summed E-state index contributed by atoms with van der Waals surface area (Å²) in [6, 6.07) is 11.8. The number of imidazole rings is 1. The molecule has 6 aromatic heterocycles. The first-order valence-corrected chi connectivity index (χ1v) is 20.9. The van der Waals surface area contributed by atoms with E-state index >= 15 is 9.18 Å². The smallest absolute Gasteiger partial charge is 0.376 e. The Hall–Kier alpha value is -6.95. The van der Waals surface area contributed by atoms with E-state index in [0.29, 0.717) is 53.3 Å². The molecule has 8 aromatic rings. The van der Waals surface area contributed by atoms with Crippen LogP contribution in [-0.2, 0) is 23.6 Å². The summed E-state index contributed by atoms with van der Waals surface area (Å²) in [5.41, 5.74) is 2.96. The lowest BCUT2D eigenvalue weighted by Crippen LogP contribution is -2.40. The van der Waals surface area contributed by atoms with Gasteiger partial charge in [0.1, 0.15) is 5.82 Å². The van der Waals surface area contributed by atoms with Gasteiger partial charge in [-0.2, -0.15) is 10.2 Å². The monoisotopic (exact) mass is 858 g/mol. The van der Waals surface area contributed by atoms with Gasteiger partial charge in [0.05, 0.1) is 56.8 Å². The summed E-state index contributed by atoms with van der Waals surface area (Å²) in [7, 11) is 1.69. The SMILES string of the molecule is C[C@H]1c2c(nn(-c3ccc(F)c(F)c3)c2-n2ccn(-c3ccc4c(cnn4C)c3F)c2=O)CCN1C(=O)c1cc2cc([C@H]3CCOC(C)(C)C3)ccn2c1C1(c2noc(=O)[nH]2)CC1. The van der Waals surface area contributed by atoms with E-state index < -0.39 is 40.4 Å². The summed E-state index contributed by atoms with van der Waals surface area (Å²) in [5.74, 6) is -3.06. The number of aromatic nitrogens is 9. The molecule has 2 atom stereocenters. The van der Waals surface area contributed by atoms with E-state index in [-0.39, 0.29) is 53.0 Å². The van der Waals surface area contributed by atoms with E-state index in [9.17, 15) is 18.4 Å². The minimum Gasteiger partial charge on any atom is -0.376 e. The maximum Gasteiger partial charge on any atom is 0.438 e. The van der Waals surface area contributed by atoms with Gasteiger partial charge in [-0.25, -0.2) is 27.4 Å². The highest BCUT2D eigenvalue weighted by Gasteiger charge is 2.54. The second-order valence-corrected chi connectivity index (χ2v) is 17.5. The zero-order valence-electron chi connectivity index (χ0n) is 34.7. The fraction of sp³-hybridized carbons (Fsp3) is 0.333. The zero-order chi connectivity index (χ0) is 43.7. The number of H-pyrrole nitrogens is 1. The number of carbonyl (C=O) groups excluding carboxylic acids is 1. The molecule has 63 heavy (non-hydrogen) atoms. The quantitative estimate of drug-likeness (QED) is 0.189. The second-order valence-electron chi connectivity index (χ2n) is 17.5. The lowest BCUT2D eigenvalue weighted by molar-refractivity contribution is -0.0593. The maximum absolute atomic E-state index is 16.0. The third kappa shape index (κ3) is 5.97. The molecule has 18 heteroatoms. The van der Waals surface area contributed by atoms with Crippen molar-refractivity contribution in [1.29, 1.82) is 0 Å². The molecule has 2 fully saturated rings. The van der Waals surface area contributed by atoms with E-state index in [4.69, 9.17) is 14.4 Å². The number of hydrogen-bond donors (Lipinski definition) is 1. The minimum atomic E-state index is -1.12. The molecule has 2 aromatic carbocycles. The molecule has 0 unspecified atom stereocenters. The molecule has 15 nitrogen and oxygen atoms in total. The number of carbonyl (C=O) groups is 1. The fourth-order valence-electron chi connectivity index (χ4n) is 9.97. The number of halogens is 3. The van der Waals surface area contributed by atoms with Crippen LogP contribution in [0.15, 0.2) is 87.4 Å². The summed E-state index contributed by atoms with van der Waals surface area (Å²) in [6.45, 7) is 6.88. The number of nitrogens with zero attached hydrogens (tertiary/aromatic N) is 9. The lowest BCUT2D eigenvalue weighted by atomic mass is 9.84. The lowest BCUT2D eigenvalue weighted by Gasteiger charge is -2.35. The van der Waals surface area contributed by atoms with Crippen LogP contribution in [0.25, 0.3) is 33.6 Å². The molecule has 322 valence electrons. The Kier molecular flexibility index (Phi) is 8.51. The molecule has 11 rings (SSSR count). The van der Waals surface area contributed by atoms with Crippen LogP contribution in [0, 0.1) is 17.5 Å². The molecule has 2 aliphatic heterocycles. The molecular weight excluding hydrogens is 818 g/mol. The fourth-order valence-corrected chi connectivity index (χ4v) is 9.97. The second kappa shape index (κ2) is 13.8. The van der Waals surface area contributed by atoms with E-state index in [2.05, 4.69) is 41.2 Å². The highest BCUT2D eigenvalue weighted by molar-refractivity contribution is 5.98. The van der Waals surface area contributed by atoms with Crippen molar-refractivity contribution in [3.8, 4) is 17.2 Å². The molecule has 1 saturated carbocycles. The number of ether oxygens (including phenoxy) is 1. The van der Waals surface area contributed by atoms with Gasteiger partial charge in [-0.1, -0.05) is 5.16 Å². The minimum absolute atomic E-state index is 0.0173. The zero-order valence-corrected chi connectivity index (χ0v) is 34.7. The predicted octanol–water partition coefficient (Wildman–Crippen LogP) is 6.56. The number of hydrogen-bond acceptors (Lipinski definition) is 8. The molecule has 0 radical (unpaired) electrons. The average Bonchev–Trinajstić information content (AvgIpc) is 3.72. The number of rotatable bonds is 7. The number of pyridine rings is 1. The van der Waals surface area contributed by atoms with Gasteiger partial charge in [0.15, 0.2) is 23.3 Å². The third-order valence-electron chi connectivity index (χ3n) is 13.3. The van der Waals surface area contributed by atoms with Crippen LogP contribution in [0.2, 0.25) is 0 Å². The van der Waals surface area contributed by atoms with Gasteiger partial charge in [-0.15, -0.1) is 0 Å². The molecule has 0 spiro atoms. The number of amides is 1.